The van der Waals surface area contributed by atoms with Crippen LogP contribution in [0.15, 0.2) is 23.4 Å². The van der Waals surface area contributed by atoms with Crippen molar-refractivity contribution < 1.29 is 9.78 Å². The van der Waals surface area contributed by atoms with Crippen LogP contribution in [0.2, 0.25) is 5.02 Å². The highest BCUT2D eigenvalue weighted by Crippen LogP contribution is 2.27. The SMILES string of the molecule is C[N+]([O-])=NNc1ccc(Cl)c([N+](=O)[O-])c1. The van der Waals surface area contributed by atoms with Crippen molar-refractivity contribution in [1.29, 1.82) is 0 Å². The Bertz CT molecular complexity index is 417. The van der Waals surface area contributed by atoms with Crippen LogP contribution >= 0.6 is 11.6 Å². The van der Waals surface area contributed by atoms with Crippen LogP contribution in [0.5, 0.6) is 0 Å². The topological polar surface area (TPSA) is 93.6 Å². The number of nitrogens with one attached hydrogen (secondary N) is 1. The predicted molar refractivity (Wildman–Crippen MR) is 53.7 cm³/mol. The number of hydrogen-bond donors (Lipinski definition) is 1. The van der Waals surface area contributed by atoms with E-state index in [1.165, 1.54) is 25.2 Å². The second-order valence-electron chi connectivity index (χ2n) is 2.60. The Morgan fingerprint density at radius 2 is 2.13 bits per heavy atom. The lowest BCUT2D eigenvalue weighted by Gasteiger charge is -1.98. The van der Waals surface area contributed by atoms with Gasteiger partial charge in [0.15, 0.2) is 5.69 Å². The number of anilines is 1. The summed E-state index contributed by atoms with van der Waals surface area (Å²) in [5, 5.41) is 24.2. The van der Waals surface area contributed by atoms with Gasteiger partial charge in [-0.05, 0) is 12.1 Å². The second-order valence-corrected chi connectivity index (χ2v) is 3.01. The summed E-state index contributed by atoms with van der Waals surface area (Å²) >= 11 is 5.58. The van der Waals surface area contributed by atoms with Gasteiger partial charge in [0, 0.05) is 0 Å². The van der Waals surface area contributed by atoms with Gasteiger partial charge in [0.1, 0.15) is 12.1 Å². The van der Waals surface area contributed by atoms with Crippen LogP contribution in [0, 0.1) is 15.3 Å². The Morgan fingerprint density at radius 3 is 2.67 bits per heavy atom. The maximum Gasteiger partial charge on any atom is 0.292 e. The Labute approximate surface area is 89.7 Å². The average molecular weight is 231 g/mol. The van der Waals surface area contributed by atoms with E-state index in [4.69, 9.17) is 11.6 Å². The molecule has 0 atom stereocenters. The molecular formula is C7H7ClN4O3. The Morgan fingerprint density at radius 1 is 1.47 bits per heavy atom. The summed E-state index contributed by atoms with van der Waals surface area (Å²) in [4.78, 5) is 10.2. The molecule has 0 unspecified atom stereocenters. The predicted octanol–water partition coefficient (Wildman–Crippen LogP) is 2.17. The summed E-state index contributed by atoms with van der Waals surface area (Å²) in [5.41, 5.74) is 2.41. The Hall–Kier alpha value is -1.89. The van der Waals surface area contributed by atoms with Gasteiger partial charge < -0.3 is 5.21 Å². The molecule has 1 aromatic rings. The van der Waals surface area contributed by atoms with Gasteiger partial charge in [0.2, 0.25) is 0 Å². The molecule has 15 heavy (non-hydrogen) atoms. The molecule has 1 N–H and O–H groups in total. The molecule has 0 fully saturated rings. The second kappa shape index (κ2) is 4.56. The summed E-state index contributed by atoms with van der Waals surface area (Å²) in [5.74, 6) is 0. The third-order valence-corrected chi connectivity index (χ3v) is 1.78. The van der Waals surface area contributed by atoms with Crippen molar-refractivity contribution in [3.05, 3.63) is 38.5 Å². The minimum Gasteiger partial charge on any atom is -0.696 e. The molecule has 0 aromatic heterocycles. The first kappa shape index (κ1) is 11.2. The molecule has 8 heteroatoms. The highest BCUT2D eigenvalue weighted by molar-refractivity contribution is 6.32. The smallest absolute Gasteiger partial charge is 0.292 e. The molecule has 0 spiro atoms. The van der Waals surface area contributed by atoms with Gasteiger partial charge in [-0.3, -0.25) is 10.1 Å². The number of benzene rings is 1. The van der Waals surface area contributed by atoms with Crippen molar-refractivity contribution in [2.24, 2.45) is 5.22 Å². The molecule has 0 aliphatic rings. The van der Waals surface area contributed by atoms with E-state index in [1.807, 2.05) is 0 Å². The number of nitrogens with zero attached hydrogens (tertiary/aromatic N) is 3. The largest absolute Gasteiger partial charge is 0.696 e. The van der Waals surface area contributed by atoms with Crippen LogP contribution < -0.4 is 5.43 Å². The number of hydrogen-bond acceptors (Lipinski definition) is 4. The molecule has 0 bridgehead atoms. The molecule has 7 nitrogen and oxygen atoms in total. The van der Waals surface area contributed by atoms with Crippen LogP contribution in [0.25, 0.3) is 0 Å². The van der Waals surface area contributed by atoms with Crippen molar-refractivity contribution in [3.63, 3.8) is 0 Å². The van der Waals surface area contributed by atoms with Gasteiger partial charge in [0.05, 0.1) is 16.2 Å². The van der Waals surface area contributed by atoms with E-state index >= 15 is 0 Å². The molecule has 0 amide bonds. The minimum atomic E-state index is -0.617. The summed E-state index contributed by atoms with van der Waals surface area (Å²) in [7, 11) is 1.18. The molecule has 0 heterocycles. The first-order valence-corrected chi connectivity index (χ1v) is 4.20. The van der Waals surface area contributed by atoms with Crippen molar-refractivity contribution in [3.8, 4) is 0 Å². The Balaban J connectivity index is 2.98. The standard InChI is InChI=1S/C7H7ClN4O3/c1-11(13)10-9-5-2-3-6(8)7(4-5)12(14)15/h2-4,9H,1H3. The molecular weight excluding hydrogens is 224 g/mol. The number of nitro benzene ring substituents is 1. The van der Waals surface area contributed by atoms with Gasteiger partial charge in [-0.2, -0.15) is 4.86 Å². The fraction of sp³-hybridized carbons (Fsp3) is 0.143. The number of nitro groups is 1. The van der Waals surface area contributed by atoms with E-state index in [2.05, 4.69) is 10.6 Å². The van der Waals surface area contributed by atoms with E-state index in [1.54, 1.807) is 0 Å². The molecule has 0 radical (unpaired) electrons. The van der Waals surface area contributed by atoms with Crippen LogP contribution in [-0.2, 0) is 0 Å². The third-order valence-electron chi connectivity index (χ3n) is 1.46. The van der Waals surface area contributed by atoms with Gasteiger partial charge in [-0.15, -0.1) is 5.43 Å². The van der Waals surface area contributed by atoms with Crippen molar-refractivity contribution in [1.82, 2.24) is 0 Å². The Kier molecular flexibility index (Phi) is 3.40. The molecule has 0 aliphatic heterocycles. The van der Waals surface area contributed by atoms with E-state index in [0.717, 1.165) is 0 Å². The number of rotatable bonds is 3. The van der Waals surface area contributed by atoms with E-state index < -0.39 is 4.92 Å². The van der Waals surface area contributed by atoms with Gasteiger partial charge in [0.25, 0.3) is 5.69 Å². The van der Waals surface area contributed by atoms with Crippen molar-refractivity contribution in [2.45, 2.75) is 0 Å². The van der Waals surface area contributed by atoms with Gasteiger partial charge in [-0.1, -0.05) is 11.6 Å². The summed E-state index contributed by atoms with van der Waals surface area (Å²) in [6, 6.07) is 4.01. The fourth-order valence-corrected chi connectivity index (χ4v) is 1.04. The zero-order valence-corrected chi connectivity index (χ0v) is 8.43. The number of hydroxylamine groups is 1. The highest BCUT2D eigenvalue weighted by Gasteiger charge is 2.13. The van der Waals surface area contributed by atoms with Crippen LogP contribution in [0.3, 0.4) is 0 Å². The first-order chi connectivity index (χ1) is 7.00. The lowest BCUT2D eigenvalue weighted by Crippen LogP contribution is -1.97. The maximum absolute atomic E-state index is 10.5. The lowest BCUT2D eigenvalue weighted by atomic mass is 10.3. The van der Waals surface area contributed by atoms with Crippen molar-refractivity contribution in [2.75, 3.05) is 12.5 Å². The van der Waals surface area contributed by atoms with Crippen molar-refractivity contribution >= 4 is 23.0 Å². The van der Waals surface area contributed by atoms with E-state index in [9.17, 15) is 15.3 Å². The molecule has 0 aliphatic carbocycles. The van der Waals surface area contributed by atoms with E-state index in [-0.39, 0.29) is 10.7 Å². The van der Waals surface area contributed by atoms with Crippen LogP contribution in [-0.4, -0.2) is 16.8 Å². The molecule has 0 saturated carbocycles. The van der Waals surface area contributed by atoms with Crippen LogP contribution in [0.4, 0.5) is 11.4 Å². The molecule has 1 rings (SSSR count). The highest BCUT2D eigenvalue weighted by atomic mass is 35.5. The summed E-state index contributed by atoms with van der Waals surface area (Å²) in [6.07, 6.45) is 0. The van der Waals surface area contributed by atoms with Gasteiger partial charge >= 0.3 is 0 Å². The monoisotopic (exact) mass is 230 g/mol. The lowest BCUT2D eigenvalue weighted by molar-refractivity contribution is -0.497. The maximum atomic E-state index is 10.5. The molecule has 80 valence electrons. The summed E-state index contributed by atoms with van der Waals surface area (Å²) in [6.45, 7) is 0. The first-order valence-electron chi connectivity index (χ1n) is 3.82. The molecule has 0 saturated heterocycles. The fourth-order valence-electron chi connectivity index (χ4n) is 0.850. The van der Waals surface area contributed by atoms with Gasteiger partial charge in [-0.25, -0.2) is 0 Å². The van der Waals surface area contributed by atoms with E-state index in [0.29, 0.717) is 10.5 Å². The molecule has 1 aromatic carbocycles. The minimum absolute atomic E-state index is 0.0287. The quantitative estimate of drug-likeness (QED) is 0.373. The third kappa shape index (κ3) is 3.06. The summed E-state index contributed by atoms with van der Waals surface area (Å²) < 4.78 is 0. The van der Waals surface area contributed by atoms with Crippen LogP contribution in [0.1, 0.15) is 0 Å². The number of halogens is 1. The normalized spacial score (nSPS) is 11.2. The zero-order valence-electron chi connectivity index (χ0n) is 7.68. The zero-order chi connectivity index (χ0) is 11.4. The average Bonchev–Trinajstić information content (AvgIpc) is 2.16.